The lowest BCUT2D eigenvalue weighted by molar-refractivity contribution is 0.0698. The average molecular weight is 261 g/mol. The van der Waals surface area contributed by atoms with Crippen LogP contribution in [0.2, 0.25) is 0 Å². The molecular weight excluding hydrogens is 242 g/mol. The van der Waals surface area contributed by atoms with Crippen LogP contribution in [-0.2, 0) is 0 Å². The molecule has 2 aliphatic rings. The maximum absolute atomic E-state index is 11.1. The lowest BCUT2D eigenvalue weighted by Gasteiger charge is -2.39. The van der Waals surface area contributed by atoms with Crippen molar-refractivity contribution >= 4 is 17.3 Å². The third-order valence-electron chi connectivity index (χ3n) is 4.24. The molecule has 0 spiro atoms. The summed E-state index contributed by atoms with van der Waals surface area (Å²) in [5.74, 6) is -0.959. The van der Waals surface area contributed by atoms with Crippen molar-refractivity contribution in [2.45, 2.75) is 18.9 Å². The summed E-state index contributed by atoms with van der Waals surface area (Å²) in [5.41, 5.74) is 7.47. The van der Waals surface area contributed by atoms with Gasteiger partial charge in [0.1, 0.15) is 0 Å². The van der Waals surface area contributed by atoms with Gasteiger partial charge < -0.3 is 15.7 Å². The molecule has 19 heavy (non-hydrogen) atoms. The Morgan fingerprint density at radius 2 is 2.16 bits per heavy atom. The second-order valence-corrected chi connectivity index (χ2v) is 5.32. The molecule has 0 aromatic heterocycles. The monoisotopic (exact) mass is 261 g/mol. The Morgan fingerprint density at radius 3 is 2.95 bits per heavy atom. The Morgan fingerprint density at radius 1 is 1.32 bits per heavy atom. The molecule has 0 amide bonds. The highest BCUT2D eigenvalue weighted by atomic mass is 16.4. The first-order valence-electron chi connectivity index (χ1n) is 6.77. The smallest absolute Gasteiger partial charge is 0.337 e. The molecule has 0 bridgehead atoms. The van der Waals surface area contributed by atoms with Crippen LogP contribution in [0.25, 0.3) is 0 Å². The molecule has 5 nitrogen and oxygen atoms in total. The molecule has 2 heterocycles. The minimum atomic E-state index is -0.959. The third kappa shape index (κ3) is 2.14. The number of carboxylic acids is 1. The van der Waals surface area contributed by atoms with Crippen LogP contribution in [0.5, 0.6) is 0 Å². The molecule has 0 aliphatic carbocycles. The maximum atomic E-state index is 11.1. The predicted octanol–water partition coefficient (Wildman–Crippen LogP) is 1.25. The fourth-order valence-electron chi connectivity index (χ4n) is 3.23. The van der Waals surface area contributed by atoms with Crippen molar-refractivity contribution in [2.24, 2.45) is 0 Å². The van der Waals surface area contributed by atoms with E-state index in [1.165, 1.54) is 19.4 Å². The number of carbonyl (C=O) groups is 1. The molecule has 2 aliphatic heterocycles. The highest BCUT2D eigenvalue weighted by Crippen LogP contribution is 2.30. The van der Waals surface area contributed by atoms with Crippen molar-refractivity contribution in [3.05, 3.63) is 23.8 Å². The fraction of sp³-hybridized carbons (Fsp3) is 0.500. The third-order valence-corrected chi connectivity index (χ3v) is 4.24. The summed E-state index contributed by atoms with van der Waals surface area (Å²) in [5, 5.41) is 9.13. The minimum absolute atomic E-state index is 0.200. The molecule has 0 radical (unpaired) electrons. The number of fused-ring (bicyclic) bond motifs is 1. The number of nitrogens with two attached hydrogens (primary N) is 1. The number of carboxylic acid groups (broad SMARTS) is 1. The van der Waals surface area contributed by atoms with Crippen LogP contribution in [-0.4, -0.2) is 48.2 Å². The molecule has 2 saturated heterocycles. The molecular formula is C14H19N3O2. The van der Waals surface area contributed by atoms with E-state index in [1.54, 1.807) is 12.1 Å². The molecule has 5 heteroatoms. The summed E-state index contributed by atoms with van der Waals surface area (Å²) in [6, 6.07) is 5.86. The van der Waals surface area contributed by atoms with Gasteiger partial charge in [0.25, 0.3) is 0 Å². The van der Waals surface area contributed by atoms with Crippen molar-refractivity contribution in [1.29, 1.82) is 0 Å². The van der Waals surface area contributed by atoms with Gasteiger partial charge in [-0.3, -0.25) is 4.90 Å². The zero-order valence-corrected chi connectivity index (χ0v) is 10.9. The van der Waals surface area contributed by atoms with Crippen LogP contribution < -0.4 is 10.6 Å². The van der Waals surface area contributed by atoms with Gasteiger partial charge in [0.2, 0.25) is 0 Å². The molecule has 1 atom stereocenters. The Balaban J connectivity index is 1.86. The SMILES string of the molecule is Nc1c(C(=O)O)cccc1N1CCN2CCCC2C1. The van der Waals surface area contributed by atoms with Crippen molar-refractivity contribution in [2.75, 3.05) is 36.8 Å². The second kappa shape index (κ2) is 4.74. The number of anilines is 2. The summed E-state index contributed by atoms with van der Waals surface area (Å²) in [4.78, 5) is 15.9. The zero-order chi connectivity index (χ0) is 13.4. The van der Waals surface area contributed by atoms with E-state index in [9.17, 15) is 4.79 Å². The first kappa shape index (κ1) is 12.3. The fourth-order valence-corrected chi connectivity index (χ4v) is 3.23. The van der Waals surface area contributed by atoms with E-state index in [1.807, 2.05) is 6.07 Å². The van der Waals surface area contributed by atoms with Gasteiger partial charge in [-0.1, -0.05) is 6.07 Å². The van der Waals surface area contributed by atoms with Gasteiger partial charge in [0, 0.05) is 25.7 Å². The van der Waals surface area contributed by atoms with Gasteiger partial charge in [0.05, 0.1) is 16.9 Å². The number of nitrogen functional groups attached to an aromatic ring is 1. The quantitative estimate of drug-likeness (QED) is 0.784. The lowest BCUT2D eigenvalue weighted by Crippen LogP contribution is -2.50. The highest BCUT2D eigenvalue weighted by molar-refractivity contribution is 5.97. The Kier molecular flexibility index (Phi) is 3.06. The zero-order valence-electron chi connectivity index (χ0n) is 10.9. The van der Waals surface area contributed by atoms with Gasteiger partial charge >= 0.3 is 5.97 Å². The Hall–Kier alpha value is -1.75. The van der Waals surface area contributed by atoms with Crippen molar-refractivity contribution in [1.82, 2.24) is 4.90 Å². The molecule has 1 aromatic carbocycles. The van der Waals surface area contributed by atoms with Crippen LogP contribution >= 0.6 is 0 Å². The van der Waals surface area contributed by atoms with Crippen molar-refractivity contribution < 1.29 is 9.90 Å². The number of hydrogen-bond donors (Lipinski definition) is 2. The van der Waals surface area contributed by atoms with Crippen molar-refractivity contribution in [3.8, 4) is 0 Å². The van der Waals surface area contributed by atoms with E-state index in [0.717, 1.165) is 25.3 Å². The topological polar surface area (TPSA) is 69.8 Å². The predicted molar refractivity (Wildman–Crippen MR) is 74.6 cm³/mol. The number of hydrogen-bond acceptors (Lipinski definition) is 4. The van der Waals surface area contributed by atoms with Gasteiger partial charge in [0.15, 0.2) is 0 Å². The van der Waals surface area contributed by atoms with Gasteiger partial charge in [-0.05, 0) is 31.5 Å². The number of aromatic carboxylic acids is 1. The van der Waals surface area contributed by atoms with Crippen LogP contribution in [0, 0.1) is 0 Å². The van der Waals surface area contributed by atoms with E-state index >= 15 is 0 Å². The van der Waals surface area contributed by atoms with Crippen molar-refractivity contribution in [3.63, 3.8) is 0 Å². The molecule has 3 rings (SSSR count). The average Bonchev–Trinajstić information content (AvgIpc) is 2.85. The Labute approximate surface area is 112 Å². The Bertz CT molecular complexity index is 503. The van der Waals surface area contributed by atoms with Gasteiger partial charge in [-0.25, -0.2) is 4.79 Å². The van der Waals surface area contributed by atoms with Crippen LogP contribution in [0.4, 0.5) is 11.4 Å². The van der Waals surface area contributed by atoms with E-state index in [2.05, 4.69) is 9.80 Å². The van der Waals surface area contributed by atoms with E-state index in [-0.39, 0.29) is 5.56 Å². The number of rotatable bonds is 2. The summed E-state index contributed by atoms with van der Waals surface area (Å²) < 4.78 is 0. The summed E-state index contributed by atoms with van der Waals surface area (Å²) in [7, 11) is 0. The van der Waals surface area contributed by atoms with E-state index < -0.39 is 5.97 Å². The highest BCUT2D eigenvalue weighted by Gasteiger charge is 2.31. The molecule has 1 aromatic rings. The van der Waals surface area contributed by atoms with Crippen LogP contribution in [0.1, 0.15) is 23.2 Å². The second-order valence-electron chi connectivity index (χ2n) is 5.32. The number of benzene rings is 1. The first-order chi connectivity index (χ1) is 9.16. The van der Waals surface area contributed by atoms with Gasteiger partial charge in [-0.15, -0.1) is 0 Å². The number of para-hydroxylation sites is 1. The summed E-state index contributed by atoms with van der Waals surface area (Å²) in [6.07, 6.45) is 2.50. The molecule has 3 N–H and O–H groups in total. The molecule has 102 valence electrons. The first-order valence-corrected chi connectivity index (χ1v) is 6.77. The molecule has 2 fully saturated rings. The van der Waals surface area contributed by atoms with Crippen LogP contribution in [0.3, 0.4) is 0 Å². The standard InChI is InChI=1S/C14H19N3O2/c15-13-11(14(18)19)4-1-5-12(13)17-8-7-16-6-2-3-10(16)9-17/h1,4-5,10H,2-3,6-9,15H2,(H,18,19). The largest absolute Gasteiger partial charge is 0.478 e. The number of nitrogens with zero attached hydrogens (tertiary/aromatic N) is 2. The summed E-state index contributed by atoms with van der Waals surface area (Å²) >= 11 is 0. The summed E-state index contributed by atoms with van der Waals surface area (Å²) in [6.45, 7) is 4.11. The minimum Gasteiger partial charge on any atom is -0.478 e. The van der Waals surface area contributed by atoms with E-state index in [4.69, 9.17) is 10.8 Å². The molecule has 1 unspecified atom stereocenters. The van der Waals surface area contributed by atoms with E-state index in [0.29, 0.717) is 11.7 Å². The van der Waals surface area contributed by atoms with Gasteiger partial charge in [-0.2, -0.15) is 0 Å². The normalized spacial score (nSPS) is 23.4. The maximum Gasteiger partial charge on any atom is 0.337 e. The van der Waals surface area contributed by atoms with Crippen LogP contribution in [0.15, 0.2) is 18.2 Å². The molecule has 0 saturated carbocycles. The number of piperazine rings is 1. The lowest BCUT2D eigenvalue weighted by atomic mass is 10.1.